The maximum absolute atomic E-state index is 9.33. The van der Waals surface area contributed by atoms with Gasteiger partial charge in [0.05, 0.1) is 11.9 Å². The molecule has 2 aromatic rings. The van der Waals surface area contributed by atoms with E-state index in [0.29, 0.717) is 5.95 Å². The quantitative estimate of drug-likeness (QED) is 0.683. The van der Waals surface area contributed by atoms with Crippen molar-refractivity contribution in [2.45, 2.75) is 13.5 Å². The zero-order chi connectivity index (χ0) is 10.4. The number of fused-ring (bicyclic) bond motifs is 3. The van der Waals surface area contributed by atoms with Gasteiger partial charge in [0.2, 0.25) is 11.8 Å². The number of hydrogen-bond acceptors (Lipinski definition) is 3. The topological polar surface area (TPSA) is 50.1 Å². The highest BCUT2D eigenvalue weighted by molar-refractivity contribution is 5.54. The summed E-state index contributed by atoms with van der Waals surface area (Å²) in [6, 6.07) is 6.25. The van der Waals surface area contributed by atoms with E-state index in [9.17, 15) is 5.11 Å². The van der Waals surface area contributed by atoms with Crippen molar-refractivity contribution < 1.29 is 5.11 Å². The highest BCUT2D eigenvalue weighted by atomic mass is 16.3. The van der Waals surface area contributed by atoms with E-state index < -0.39 is 0 Å². The molecule has 76 valence electrons. The third-order valence-corrected chi connectivity index (χ3v) is 2.62. The molecule has 0 atom stereocenters. The fourth-order valence-corrected chi connectivity index (χ4v) is 1.94. The van der Waals surface area contributed by atoms with Crippen molar-refractivity contribution in [3.05, 3.63) is 35.5 Å². The molecule has 0 saturated heterocycles. The fourth-order valence-electron chi connectivity index (χ4n) is 1.94. The third-order valence-electron chi connectivity index (χ3n) is 2.62. The van der Waals surface area contributed by atoms with E-state index in [1.165, 1.54) is 11.1 Å². The molecular weight excluding hydrogens is 190 g/mol. The van der Waals surface area contributed by atoms with Gasteiger partial charge in [0, 0.05) is 6.54 Å². The highest BCUT2D eigenvalue weighted by Gasteiger charge is 2.16. The minimum atomic E-state index is 0.0472. The van der Waals surface area contributed by atoms with Gasteiger partial charge in [-0.05, 0) is 18.6 Å². The molecule has 4 nitrogen and oxygen atoms in total. The largest absolute Gasteiger partial charge is 0.492 e. The van der Waals surface area contributed by atoms with Crippen LogP contribution < -0.4 is 5.32 Å². The summed E-state index contributed by atoms with van der Waals surface area (Å²) in [5.74, 6) is 0.745. The van der Waals surface area contributed by atoms with Gasteiger partial charge in [0.1, 0.15) is 0 Å². The molecule has 4 heteroatoms. The van der Waals surface area contributed by atoms with Crippen molar-refractivity contribution in [2.24, 2.45) is 0 Å². The van der Waals surface area contributed by atoms with Crippen LogP contribution >= 0.6 is 0 Å². The summed E-state index contributed by atoms with van der Waals surface area (Å²) in [7, 11) is 0. The Morgan fingerprint density at radius 1 is 1.47 bits per heavy atom. The first-order valence-electron chi connectivity index (χ1n) is 4.86. The standard InChI is InChI=1S/C11H11N3O/c1-7-2-3-9-8(4-7)5-12-11-13-10(15)6-14(9)11/h2-4,6,15H,5H2,1H3,(H,12,13). The number of anilines is 1. The van der Waals surface area contributed by atoms with Crippen molar-refractivity contribution in [2.75, 3.05) is 5.32 Å². The molecule has 2 heterocycles. The van der Waals surface area contributed by atoms with Gasteiger partial charge in [-0.2, -0.15) is 4.98 Å². The predicted octanol–water partition coefficient (Wildman–Crippen LogP) is 1.81. The molecule has 0 bridgehead atoms. The molecular formula is C11H11N3O. The van der Waals surface area contributed by atoms with Crippen molar-refractivity contribution >= 4 is 5.95 Å². The summed E-state index contributed by atoms with van der Waals surface area (Å²) in [6.45, 7) is 2.83. The summed E-state index contributed by atoms with van der Waals surface area (Å²) in [4.78, 5) is 3.98. The Balaban J connectivity index is 2.25. The van der Waals surface area contributed by atoms with E-state index in [1.807, 2.05) is 4.57 Å². The number of nitrogens with zero attached hydrogens (tertiary/aromatic N) is 2. The number of aromatic hydroxyl groups is 1. The summed E-state index contributed by atoms with van der Waals surface area (Å²) >= 11 is 0. The second kappa shape index (κ2) is 2.76. The van der Waals surface area contributed by atoms with Crippen LogP contribution in [0, 0.1) is 6.92 Å². The van der Waals surface area contributed by atoms with E-state index in [4.69, 9.17) is 0 Å². The first kappa shape index (κ1) is 8.35. The Labute approximate surface area is 87.2 Å². The molecule has 0 radical (unpaired) electrons. The van der Waals surface area contributed by atoms with Crippen LogP contribution in [0.3, 0.4) is 0 Å². The van der Waals surface area contributed by atoms with Crippen LogP contribution in [0.1, 0.15) is 11.1 Å². The predicted molar refractivity (Wildman–Crippen MR) is 57.3 cm³/mol. The molecule has 1 aromatic heterocycles. The van der Waals surface area contributed by atoms with Crippen molar-refractivity contribution in [1.29, 1.82) is 0 Å². The van der Waals surface area contributed by atoms with E-state index in [0.717, 1.165) is 12.2 Å². The lowest BCUT2D eigenvalue weighted by molar-refractivity contribution is 0.456. The molecule has 1 aliphatic heterocycles. The lowest BCUT2D eigenvalue weighted by Crippen LogP contribution is -2.14. The van der Waals surface area contributed by atoms with Crippen LogP contribution in [0.15, 0.2) is 24.4 Å². The van der Waals surface area contributed by atoms with Crippen molar-refractivity contribution in [3.63, 3.8) is 0 Å². The number of rotatable bonds is 0. The Bertz CT molecular complexity index is 531. The number of nitrogens with one attached hydrogen (secondary N) is 1. The monoisotopic (exact) mass is 201 g/mol. The van der Waals surface area contributed by atoms with Gasteiger partial charge < -0.3 is 10.4 Å². The van der Waals surface area contributed by atoms with Gasteiger partial charge in [-0.25, -0.2) is 0 Å². The minimum Gasteiger partial charge on any atom is -0.492 e. The van der Waals surface area contributed by atoms with Crippen LogP contribution in [0.5, 0.6) is 5.88 Å². The highest BCUT2D eigenvalue weighted by Crippen LogP contribution is 2.28. The van der Waals surface area contributed by atoms with Gasteiger partial charge in [-0.3, -0.25) is 4.57 Å². The molecule has 0 fully saturated rings. The van der Waals surface area contributed by atoms with Gasteiger partial charge in [0.15, 0.2) is 0 Å². The van der Waals surface area contributed by atoms with Crippen LogP contribution in [-0.4, -0.2) is 14.7 Å². The maximum atomic E-state index is 9.33. The molecule has 2 N–H and O–H groups in total. The third kappa shape index (κ3) is 1.18. The fraction of sp³-hybridized carbons (Fsp3) is 0.182. The van der Waals surface area contributed by atoms with E-state index in [-0.39, 0.29) is 5.88 Å². The average Bonchev–Trinajstić information content (AvgIpc) is 2.58. The first-order valence-corrected chi connectivity index (χ1v) is 4.86. The van der Waals surface area contributed by atoms with Gasteiger partial charge in [-0.15, -0.1) is 0 Å². The van der Waals surface area contributed by atoms with Crippen LogP contribution in [0.2, 0.25) is 0 Å². The van der Waals surface area contributed by atoms with Crippen molar-refractivity contribution in [3.8, 4) is 11.6 Å². The molecule has 0 amide bonds. The molecule has 15 heavy (non-hydrogen) atoms. The van der Waals surface area contributed by atoms with Crippen molar-refractivity contribution in [1.82, 2.24) is 9.55 Å². The first-order chi connectivity index (χ1) is 7.24. The van der Waals surface area contributed by atoms with Crippen LogP contribution in [-0.2, 0) is 6.54 Å². The number of aromatic nitrogens is 2. The average molecular weight is 201 g/mol. The maximum Gasteiger partial charge on any atom is 0.231 e. The Morgan fingerprint density at radius 3 is 3.20 bits per heavy atom. The smallest absolute Gasteiger partial charge is 0.231 e. The molecule has 1 aromatic carbocycles. The summed E-state index contributed by atoms with van der Waals surface area (Å²) in [6.07, 6.45) is 1.62. The van der Waals surface area contributed by atoms with E-state index in [1.54, 1.807) is 6.20 Å². The molecule has 0 saturated carbocycles. The Kier molecular flexibility index (Phi) is 1.54. The zero-order valence-corrected chi connectivity index (χ0v) is 8.36. The molecule has 0 aliphatic carbocycles. The lowest BCUT2D eigenvalue weighted by atomic mass is 10.1. The molecule has 0 spiro atoms. The summed E-state index contributed by atoms with van der Waals surface area (Å²) in [5.41, 5.74) is 3.55. The minimum absolute atomic E-state index is 0.0472. The molecule has 0 unspecified atom stereocenters. The van der Waals surface area contributed by atoms with Gasteiger partial charge >= 0.3 is 0 Å². The zero-order valence-electron chi connectivity index (χ0n) is 8.36. The Hall–Kier alpha value is -1.97. The van der Waals surface area contributed by atoms with E-state index in [2.05, 4.69) is 35.4 Å². The SMILES string of the molecule is Cc1ccc2c(c1)CNc1nc(O)cn1-2. The summed E-state index contributed by atoms with van der Waals surface area (Å²) < 4.78 is 1.87. The number of imidazole rings is 1. The van der Waals surface area contributed by atoms with Crippen LogP contribution in [0.4, 0.5) is 5.95 Å². The van der Waals surface area contributed by atoms with Gasteiger partial charge in [0.25, 0.3) is 0 Å². The lowest BCUT2D eigenvalue weighted by Gasteiger charge is -2.19. The summed E-state index contributed by atoms with van der Waals surface area (Å²) in [5, 5.41) is 12.5. The van der Waals surface area contributed by atoms with Gasteiger partial charge in [-0.1, -0.05) is 17.7 Å². The number of hydrogen-bond donors (Lipinski definition) is 2. The van der Waals surface area contributed by atoms with E-state index >= 15 is 0 Å². The second-order valence-corrected chi connectivity index (χ2v) is 3.78. The normalized spacial score (nSPS) is 12.9. The number of aryl methyl sites for hydroxylation is 1. The second-order valence-electron chi connectivity index (χ2n) is 3.78. The van der Waals surface area contributed by atoms with Crippen LogP contribution in [0.25, 0.3) is 5.69 Å². The Morgan fingerprint density at radius 2 is 2.33 bits per heavy atom. The molecule has 1 aliphatic rings. The molecule has 3 rings (SSSR count). The number of benzene rings is 1.